The molecular formula is C45H82O10. The van der Waals surface area contributed by atoms with Crippen LogP contribution in [0.1, 0.15) is 194 Å². The van der Waals surface area contributed by atoms with Gasteiger partial charge in [-0.15, -0.1) is 0 Å². The van der Waals surface area contributed by atoms with Crippen molar-refractivity contribution in [2.24, 2.45) is 0 Å². The van der Waals surface area contributed by atoms with E-state index in [4.69, 9.17) is 18.9 Å². The molecule has 4 N–H and O–H groups in total. The second-order valence-electron chi connectivity index (χ2n) is 15.5. The molecule has 1 saturated heterocycles. The van der Waals surface area contributed by atoms with Gasteiger partial charge in [-0.2, -0.15) is 0 Å². The van der Waals surface area contributed by atoms with E-state index >= 15 is 0 Å². The zero-order valence-corrected chi connectivity index (χ0v) is 34.9. The molecule has 10 heteroatoms. The summed E-state index contributed by atoms with van der Waals surface area (Å²) in [4.78, 5) is 25.3. The van der Waals surface area contributed by atoms with Crippen LogP contribution in [0.2, 0.25) is 0 Å². The van der Waals surface area contributed by atoms with Gasteiger partial charge < -0.3 is 39.4 Å². The van der Waals surface area contributed by atoms with Crippen LogP contribution < -0.4 is 0 Å². The third-order valence-corrected chi connectivity index (χ3v) is 10.3. The van der Waals surface area contributed by atoms with E-state index in [1.807, 2.05) is 0 Å². The molecular weight excluding hydrogens is 700 g/mol. The van der Waals surface area contributed by atoms with Crippen LogP contribution in [0.4, 0.5) is 0 Å². The van der Waals surface area contributed by atoms with Crippen molar-refractivity contribution in [3.05, 3.63) is 24.3 Å². The summed E-state index contributed by atoms with van der Waals surface area (Å²) in [7, 11) is 0. The minimum Gasteiger partial charge on any atom is -0.462 e. The molecule has 0 saturated carbocycles. The van der Waals surface area contributed by atoms with Crippen molar-refractivity contribution in [2.75, 3.05) is 19.8 Å². The second kappa shape index (κ2) is 36.5. The van der Waals surface area contributed by atoms with Crippen molar-refractivity contribution in [2.45, 2.75) is 230 Å². The van der Waals surface area contributed by atoms with Crippen molar-refractivity contribution < 1.29 is 49.0 Å². The molecule has 0 aromatic heterocycles. The molecule has 0 amide bonds. The molecule has 1 aliphatic heterocycles. The van der Waals surface area contributed by atoms with E-state index < -0.39 is 49.4 Å². The van der Waals surface area contributed by atoms with E-state index in [1.54, 1.807) is 0 Å². The molecule has 0 aromatic carbocycles. The van der Waals surface area contributed by atoms with Crippen LogP contribution in [0.3, 0.4) is 0 Å². The fourth-order valence-electron chi connectivity index (χ4n) is 6.71. The Hall–Kier alpha value is -1.82. The molecule has 1 aliphatic rings. The lowest BCUT2D eigenvalue weighted by Gasteiger charge is -2.39. The topological polar surface area (TPSA) is 152 Å². The highest BCUT2D eigenvalue weighted by Gasteiger charge is 2.44. The van der Waals surface area contributed by atoms with Crippen molar-refractivity contribution in [3.8, 4) is 0 Å². The standard InChI is InChI=1S/C45H82O10/c1-3-5-7-9-11-13-15-17-19-21-23-25-27-29-31-33-40(47)52-36-38(37-53-45-44(51)43(50)42(49)39(35-46)55-45)54-41(48)34-32-30-28-26-24-22-20-18-16-14-12-10-8-6-4-2/h17-20,38-39,42-46,49-51H,3-16,21-37H2,1-2H3/b19-17-,20-18-/t38-,39+,42-,43-,44+,45-/m0/s1. The fourth-order valence-corrected chi connectivity index (χ4v) is 6.71. The molecule has 0 spiro atoms. The average molecular weight is 783 g/mol. The Balaban J connectivity index is 2.34. The van der Waals surface area contributed by atoms with E-state index in [0.29, 0.717) is 12.8 Å². The molecule has 1 rings (SSSR count). The largest absolute Gasteiger partial charge is 0.462 e. The predicted molar refractivity (Wildman–Crippen MR) is 219 cm³/mol. The highest BCUT2D eigenvalue weighted by Crippen LogP contribution is 2.22. The average Bonchev–Trinajstić information content (AvgIpc) is 3.18. The Bertz CT molecular complexity index is 954. The lowest BCUT2D eigenvalue weighted by molar-refractivity contribution is -0.305. The first-order chi connectivity index (χ1) is 26.8. The molecule has 10 nitrogen and oxygen atoms in total. The number of esters is 2. The van der Waals surface area contributed by atoms with E-state index in [0.717, 1.165) is 64.2 Å². The van der Waals surface area contributed by atoms with Gasteiger partial charge >= 0.3 is 11.9 Å². The highest BCUT2D eigenvalue weighted by molar-refractivity contribution is 5.70. The minimum absolute atomic E-state index is 0.220. The second-order valence-corrected chi connectivity index (χ2v) is 15.5. The molecule has 0 aromatic rings. The Morgan fingerprint density at radius 3 is 1.42 bits per heavy atom. The van der Waals surface area contributed by atoms with Crippen molar-refractivity contribution in [3.63, 3.8) is 0 Å². The Morgan fingerprint density at radius 2 is 0.964 bits per heavy atom. The summed E-state index contributed by atoms with van der Waals surface area (Å²) in [6.07, 6.45) is 31.8. The Morgan fingerprint density at radius 1 is 0.545 bits per heavy atom. The first-order valence-electron chi connectivity index (χ1n) is 22.4. The van der Waals surface area contributed by atoms with Gasteiger partial charge in [-0.1, -0.05) is 141 Å². The molecule has 6 atom stereocenters. The lowest BCUT2D eigenvalue weighted by Crippen LogP contribution is -2.59. The molecule has 55 heavy (non-hydrogen) atoms. The SMILES string of the molecule is CCCCCCCC/C=C\CCCCCCCC(=O)OC[C@@H](CO[C@H]1O[C@H](CO)[C@H](O)[C@H](O)[C@H]1O)OC(=O)CCCCCCC/C=C\CCCCCCCC. The van der Waals surface area contributed by atoms with Crippen LogP contribution in [0.5, 0.6) is 0 Å². The number of carbonyl (C=O) groups excluding carboxylic acids is 2. The van der Waals surface area contributed by atoms with Crippen LogP contribution in [0.15, 0.2) is 24.3 Å². The molecule has 0 aliphatic carbocycles. The third kappa shape index (κ3) is 28.3. The molecule has 1 heterocycles. The number of aliphatic hydroxyl groups is 4. The van der Waals surface area contributed by atoms with Gasteiger partial charge in [-0.05, 0) is 64.2 Å². The number of ether oxygens (including phenoxy) is 4. The quantitative estimate of drug-likeness (QED) is 0.0273. The molecule has 0 radical (unpaired) electrons. The van der Waals surface area contributed by atoms with Crippen LogP contribution in [-0.2, 0) is 28.5 Å². The number of carbonyl (C=O) groups is 2. The number of aliphatic hydroxyl groups excluding tert-OH is 4. The minimum atomic E-state index is -1.60. The first kappa shape index (κ1) is 51.2. The molecule has 0 unspecified atom stereocenters. The number of rotatable bonds is 37. The van der Waals surface area contributed by atoms with Crippen LogP contribution in [0, 0.1) is 0 Å². The summed E-state index contributed by atoms with van der Waals surface area (Å²) in [5, 5.41) is 40.0. The predicted octanol–water partition coefficient (Wildman–Crippen LogP) is 9.33. The molecule has 322 valence electrons. The first-order valence-corrected chi connectivity index (χ1v) is 22.4. The summed E-state index contributed by atoms with van der Waals surface area (Å²) in [5.74, 6) is -0.822. The Kier molecular flexibility index (Phi) is 34.0. The Labute approximate surface area is 334 Å². The smallest absolute Gasteiger partial charge is 0.306 e. The summed E-state index contributed by atoms with van der Waals surface area (Å²) in [6, 6.07) is 0. The van der Waals surface area contributed by atoms with Gasteiger partial charge in [0.2, 0.25) is 0 Å². The highest BCUT2D eigenvalue weighted by atomic mass is 16.7. The van der Waals surface area contributed by atoms with Gasteiger partial charge in [0, 0.05) is 12.8 Å². The monoisotopic (exact) mass is 783 g/mol. The summed E-state index contributed by atoms with van der Waals surface area (Å²) < 4.78 is 22.1. The zero-order valence-electron chi connectivity index (χ0n) is 34.9. The van der Waals surface area contributed by atoms with Gasteiger partial charge in [-0.25, -0.2) is 0 Å². The maximum Gasteiger partial charge on any atom is 0.306 e. The van der Waals surface area contributed by atoms with Gasteiger partial charge in [0.15, 0.2) is 12.4 Å². The van der Waals surface area contributed by atoms with Gasteiger partial charge in [0.25, 0.3) is 0 Å². The third-order valence-electron chi connectivity index (χ3n) is 10.3. The molecule has 0 bridgehead atoms. The van der Waals surface area contributed by atoms with Gasteiger partial charge in [0.05, 0.1) is 13.2 Å². The van der Waals surface area contributed by atoms with Gasteiger partial charge in [-0.3, -0.25) is 9.59 Å². The van der Waals surface area contributed by atoms with E-state index in [-0.39, 0.29) is 32.0 Å². The zero-order chi connectivity index (χ0) is 40.2. The number of allylic oxidation sites excluding steroid dienone is 4. The van der Waals surface area contributed by atoms with Crippen molar-refractivity contribution in [1.29, 1.82) is 0 Å². The van der Waals surface area contributed by atoms with E-state index in [2.05, 4.69) is 38.2 Å². The lowest BCUT2D eigenvalue weighted by atomic mass is 9.99. The number of unbranched alkanes of at least 4 members (excludes halogenated alkanes) is 22. The number of hydrogen-bond donors (Lipinski definition) is 4. The maximum atomic E-state index is 12.8. The van der Waals surface area contributed by atoms with E-state index in [1.165, 1.54) is 89.9 Å². The van der Waals surface area contributed by atoms with E-state index in [9.17, 15) is 30.0 Å². The van der Waals surface area contributed by atoms with Gasteiger partial charge in [0.1, 0.15) is 31.0 Å². The van der Waals surface area contributed by atoms with Crippen LogP contribution >= 0.6 is 0 Å². The fraction of sp³-hybridized carbons (Fsp3) is 0.867. The maximum absolute atomic E-state index is 12.8. The summed E-state index contributed by atoms with van der Waals surface area (Å²) >= 11 is 0. The summed E-state index contributed by atoms with van der Waals surface area (Å²) in [5.41, 5.74) is 0. The van der Waals surface area contributed by atoms with Crippen molar-refractivity contribution in [1.82, 2.24) is 0 Å². The normalized spacial score (nSPS) is 20.7. The van der Waals surface area contributed by atoms with Crippen molar-refractivity contribution >= 4 is 11.9 Å². The molecule has 1 fully saturated rings. The summed E-state index contributed by atoms with van der Waals surface area (Å²) in [6.45, 7) is 3.40. The number of hydrogen-bond acceptors (Lipinski definition) is 10. The van der Waals surface area contributed by atoms with Crippen LogP contribution in [-0.4, -0.2) is 89.0 Å². The van der Waals surface area contributed by atoms with Crippen LogP contribution in [0.25, 0.3) is 0 Å².